The van der Waals surface area contributed by atoms with E-state index in [9.17, 15) is 4.55 Å². The molecule has 4 rings (SSSR count). The molecule has 26 heavy (non-hydrogen) atoms. The second-order valence-electron chi connectivity index (χ2n) is 5.81. The van der Waals surface area contributed by atoms with Gasteiger partial charge in [-0.1, -0.05) is 6.58 Å². The lowest BCUT2D eigenvalue weighted by atomic mass is 10.0. The van der Waals surface area contributed by atoms with E-state index in [0.29, 0.717) is 17.5 Å². The van der Waals surface area contributed by atoms with Crippen LogP contribution in [0.25, 0.3) is 33.6 Å². The Hall–Kier alpha value is -2.83. The summed E-state index contributed by atoms with van der Waals surface area (Å²) in [4.78, 5) is 0.781. The van der Waals surface area contributed by atoms with Crippen LogP contribution in [0.4, 0.5) is 0 Å². The lowest BCUT2D eigenvalue weighted by Crippen LogP contribution is -2.03. The number of benzene rings is 2. The molecule has 0 aliphatic carbocycles. The summed E-state index contributed by atoms with van der Waals surface area (Å²) in [6.07, 6.45) is 3.39. The van der Waals surface area contributed by atoms with E-state index in [0.717, 1.165) is 32.6 Å². The van der Waals surface area contributed by atoms with Gasteiger partial charge < -0.3 is 13.4 Å². The molecule has 0 spiro atoms. The van der Waals surface area contributed by atoms with Gasteiger partial charge in [0.25, 0.3) is 0 Å². The van der Waals surface area contributed by atoms with Crippen LogP contribution in [0, 0.1) is 6.92 Å². The molecule has 0 saturated heterocycles. The van der Waals surface area contributed by atoms with Crippen molar-refractivity contribution < 1.29 is 13.4 Å². The second kappa shape index (κ2) is 6.82. The van der Waals surface area contributed by atoms with Crippen LogP contribution in [-0.2, 0) is 11.2 Å². The molecule has 0 saturated carbocycles. The molecule has 0 aliphatic rings. The molecule has 0 radical (unpaired) electrons. The SMILES string of the molecule is C=CC[S+]([O-])c1ccc(-c2coc3ccc(-c4nnc(C)o4)cc23)cc1. The highest BCUT2D eigenvalue weighted by Crippen LogP contribution is 2.34. The van der Waals surface area contributed by atoms with Gasteiger partial charge in [-0.2, -0.15) is 0 Å². The van der Waals surface area contributed by atoms with E-state index < -0.39 is 11.2 Å². The van der Waals surface area contributed by atoms with Gasteiger partial charge in [0.2, 0.25) is 11.8 Å². The number of furan rings is 1. The fourth-order valence-electron chi connectivity index (χ4n) is 2.79. The van der Waals surface area contributed by atoms with E-state index in [1.807, 2.05) is 42.5 Å². The molecule has 2 aromatic heterocycles. The van der Waals surface area contributed by atoms with E-state index in [1.54, 1.807) is 19.3 Å². The predicted octanol–water partition coefficient (Wildman–Crippen LogP) is 4.75. The third kappa shape index (κ3) is 3.05. The van der Waals surface area contributed by atoms with Crippen molar-refractivity contribution in [2.45, 2.75) is 11.8 Å². The zero-order chi connectivity index (χ0) is 18.1. The highest BCUT2D eigenvalue weighted by Gasteiger charge is 2.14. The van der Waals surface area contributed by atoms with E-state index >= 15 is 0 Å². The number of hydrogen-bond donors (Lipinski definition) is 0. The van der Waals surface area contributed by atoms with Crippen molar-refractivity contribution in [3.63, 3.8) is 0 Å². The van der Waals surface area contributed by atoms with Gasteiger partial charge >= 0.3 is 0 Å². The van der Waals surface area contributed by atoms with Crippen LogP contribution in [-0.4, -0.2) is 20.5 Å². The monoisotopic (exact) mass is 364 g/mol. The Labute approximate surface area is 153 Å². The minimum Gasteiger partial charge on any atom is -0.611 e. The Balaban J connectivity index is 1.73. The lowest BCUT2D eigenvalue weighted by molar-refractivity contribution is 0.533. The highest BCUT2D eigenvalue weighted by atomic mass is 32.2. The molecule has 0 fully saturated rings. The largest absolute Gasteiger partial charge is 0.611 e. The van der Waals surface area contributed by atoms with E-state index in [-0.39, 0.29) is 0 Å². The average Bonchev–Trinajstić information content (AvgIpc) is 3.27. The highest BCUT2D eigenvalue weighted by molar-refractivity contribution is 7.91. The predicted molar refractivity (Wildman–Crippen MR) is 101 cm³/mol. The second-order valence-corrected chi connectivity index (χ2v) is 7.31. The van der Waals surface area contributed by atoms with Crippen LogP contribution >= 0.6 is 0 Å². The first-order chi connectivity index (χ1) is 12.7. The summed E-state index contributed by atoms with van der Waals surface area (Å²) < 4.78 is 23.2. The summed E-state index contributed by atoms with van der Waals surface area (Å²) >= 11 is -1.06. The molecule has 4 aromatic rings. The first-order valence-corrected chi connectivity index (χ1v) is 9.39. The standard InChI is InChI=1S/C20H16N2O3S/c1-3-10-26(23)16-7-4-14(5-8-16)18-12-24-19-9-6-15(11-17(18)19)20-22-21-13(2)25-20/h3-9,11-12H,1,10H2,2H3. The number of aromatic nitrogens is 2. The molecule has 2 heterocycles. The van der Waals surface area contributed by atoms with Gasteiger partial charge in [0.1, 0.15) is 11.3 Å². The Morgan fingerprint density at radius 1 is 1.12 bits per heavy atom. The molecular formula is C20H16N2O3S. The van der Waals surface area contributed by atoms with Crippen molar-refractivity contribution in [2.75, 3.05) is 5.75 Å². The van der Waals surface area contributed by atoms with Gasteiger partial charge in [-0.05, 0) is 65.3 Å². The van der Waals surface area contributed by atoms with Gasteiger partial charge in [-0.15, -0.1) is 10.2 Å². The van der Waals surface area contributed by atoms with Gasteiger partial charge in [-0.25, -0.2) is 0 Å². The smallest absolute Gasteiger partial charge is 0.247 e. The summed E-state index contributed by atoms with van der Waals surface area (Å²) in [7, 11) is 0. The van der Waals surface area contributed by atoms with Crippen LogP contribution < -0.4 is 0 Å². The quantitative estimate of drug-likeness (QED) is 0.377. The fourth-order valence-corrected chi connectivity index (χ4v) is 3.63. The van der Waals surface area contributed by atoms with Crippen molar-refractivity contribution in [3.8, 4) is 22.6 Å². The number of fused-ring (bicyclic) bond motifs is 1. The number of aryl methyl sites for hydroxylation is 1. The maximum absolute atomic E-state index is 12.1. The average molecular weight is 364 g/mol. The maximum Gasteiger partial charge on any atom is 0.247 e. The summed E-state index contributed by atoms with van der Waals surface area (Å²) in [6, 6.07) is 13.4. The first-order valence-electron chi connectivity index (χ1n) is 8.07. The topological polar surface area (TPSA) is 75.1 Å². The molecule has 130 valence electrons. The molecule has 0 bridgehead atoms. The molecule has 6 heteroatoms. The zero-order valence-electron chi connectivity index (χ0n) is 14.1. The van der Waals surface area contributed by atoms with Crippen LogP contribution in [0.5, 0.6) is 0 Å². The molecule has 1 unspecified atom stereocenters. The Kier molecular flexibility index (Phi) is 4.36. The van der Waals surface area contributed by atoms with Crippen molar-refractivity contribution in [2.24, 2.45) is 0 Å². The van der Waals surface area contributed by atoms with Crippen LogP contribution in [0.3, 0.4) is 0 Å². The normalized spacial score (nSPS) is 12.4. The summed E-state index contributed by atoms with van der Waals surface area (Å²) in [5, 5.41) is 8.90. The van der Waals surface area contributed by atoms with Crippen LogP contribution in [0.1, 0.15) is 5.89 Å². The summed E-state index contributed by atoms with van der Waals surface area (Å²) in [5.41, 5.74) is 3.56. The summed E-state index contributed by atoms with van der Waals surface area (Å²) in [6.45, 7) is 5.39. The molecule has 0 N–H and O–H groups in total. The third-order valence-corrected chi connectivity index (χ3v) is 5.38. The maximum atomic E-state index is 12.1. The number of nitrogens with zero attached hydrogens (tertiary/aromatic N) is 2. The first kappa shape index (κ1) is 16.6. The number of hydrogen-bond acceptors (Lipinski definition) is 5. The Bertz CT molecular complexity index is 1070. The van der Waals surface area contributed by atoms with Crippen LogP contribution in [0.15, 0.2) is 75.1 Å². The molecule has 1 atom stereocenters. The van der Waals surface area contributed by atoms with Crippen LogP contribution in [0.2, 0.25) is 0 Å². The van der Waals surface area contributed by atoms with Crippen molar-refractivity contribution in [3.05, 3.63) is 67.3 Å². The van der Waals surface area contributed by atoms with Crippen molar-refractivity contribution >= 4 is 22.1 Å². The van der Waals surface area contributed by atoms with E-state index in [1.165, 1.54) is 0 Å². The van der Waals surface area contributed by atoms with Crippen molar-refractivity contribution in [1.29, 1.82) is 0 Å². The minimum absolute atomic E-state index is 0.445. The molecule has 2 aromatic carbocycles. The van der Waals surface area contributed by atoms with Gasteiger partial charge in [0, 0.05) is 23.4 Å². The summed E-state index contributed by atoms with van der Waals surface area (Å²) in [5.74, 6) is 1.45. The third-order valence-electron chi connectivity index (χ3n) is 4.04. The Morgan fingerprint density at radius 3 is 2.58 bits per heavy atom. The molecule has 0 aliphatic heterocycles. The molecule has 5 nitrogen and oxygen atoms in total. The molecule has 0 amide bonds. The zero-order valence-corrected chi connectivity index (χ0v) is 15.0. The molecular weight excluding hydrogens is 348 g/mol. The van der Waals surface area contributed by atoms with Gasteiger partial charge in [-0.3, -0.25) is 0 Å². The van der Waals surface area contributed by atoms with E-state index in [4.69, 9.17) is 8.83 Å². The lowest BCUT2D eigenvalue weighted by Gasteiger charge is -2.08. The van der Waals surface area contributed by atoms with Crippen molar-refractivity contribution in [1.82, 2.24) is 10.2 Å². The van der Waals surface area contributed by atoms with Gasteiger partial charge in [0.15, 0.2) is 4.90 Å². The van der Waals surface area contributed by atoms with Gasteiger partial charge in [0.05, 0.1) is 6.26 Å². The number of rotatable bonds is 5. The minimum atomic E-state index is -1.06. The van der Waals surface area contributed by atoms with E-state index in [2.05, 4.69) is 16.8 Å². The Morgan fingerprint density at radius 2 is 1.88 bits per heavy atom. The fraction of sp³-hybridized carbons (Fsp3) is 0.100.